The molecule has 1 aromatic heterocycles. The molecule has 0 fully saturated rings. The second-order valence-corrected chi connectivity index (χ2v) is 5.27. The minimum Gasteiger partial charge on any atom is -0.455 e. The van der Waals surface area contributed by atoms with Crippen LogP contribution >= 0.6 is 0 Å². The van der Waals surface area contributed by atoms with Gasteiger partial charge < -0.3 is 4.42 Å². The Morgan fingerprint density at radius 1 is 0.684 bits per heavy atom. The zero-order chi connectivity index (χ0) is 13.0. The van der Waals surface area contributed by atoms with Gasteiger partial charge in [-0.1, -0.05) is 41.5 Å². The van der Waals surface area contributed by atoms with E-state index in [0.29, 0.717) is 0 Å². The molecule has 0 aliphatic carbocycles. The zero-order valence-corrected chi connectivity index (χ0v) is 11.0. The summed E-state index contributed by atoms with van der Waals surface area (Å²) in [6.45, 7) is 4.23. The summed E-state index contributed by atoms with van der Waals surface area (Å²) in [5, 5.41) is 4.84. The van der Waals surface area contributed by atoms with E-state index < -0.39 is 0 Å². The van der Waals surface area contributed by atoms with Gasteiger partial charge in [0.25, 0.3) is 0 Å². The lowest BCUT2D eigenvalue weighted by atomic mass is 10.0. The van der Waals surface area contributed by atoms with Crippen LogP contribution in [0.2, 0.25) is 0 Å². The Kier molecular flexibility index (Phi) is 2.02. The van der Waals surface area contributed by atoms with Gasteiger partial charge >= 0.3 is 0 Å². The van der Waals surface area contributed by atoms with E-state index in [1.165, 1.54) is 32.7 Å². The lowest BCUT2D eigenvalue weighted by Crippen LogP contribution is -1.76. The molecule has 0 saturated carbocycles. The Bertz CT molecular complexity index is 929. The molecule has 1 nitrogen and oxygen atoms in total. The third kappa shape index (κ3) is 1.48. The van der Waals surface area contributed by atoms with E-state index in [1.54, 1.807) is 0 Å². The van der Waals surface area contributed by atoms with E-state index >= 15 is 0 Å². The van der Waals surface area contributed by atoms with Crippen LogP contribution in [0.5, 0.6) is 0 Å². The summed E-state index contributed by atoms with van der Waals surface area (Å²) >= 11 is 0. The third-order valence-corrected chi connectivity index (χ3v) is 3.76. The van der Waals surface area contributed by atoms with Crippen LogP contribution in [0.15, 0.2) is 52.9 Å². The van der Waals surface area contributed by atoms with E-state index in [0.717, 1.165) is 11.2 Å². The Balaban J connectivity index is 2.25. The van der Waals surface area contributed by atoms with Gasteiger partial charge in [-0.15, -0.1) is 0 Å². The van der Waals surface area contributed by atoms with Crippen LogP contribution in [0.4, 0.5) is 0 Å². The minimum atomic E-state index is 0.966. The molecule has 0 bridgehead atoms. The van der Waals surface area contributed by atoms with Gasteiger partial charge in [-0.3, -0.25) is 0 Å². The van der Waals surface area contributed by atoms with Crippen molar-refractivity contribution in [3.05, 3.63) is 59.7 Å². The molecular weight excluding hydrogens is 232 g/mol. The van der Waals surface area contributed by atoms with E-state index in [-0.39, 0.29) is 0 Å². The average Bonchev–Trinajstić information content (AvgIpc) is 2.76. The summed E-state index contributed by atoms with van der Waals surface area (Å²) in [5.74, 6) is 0. The highest BCUT2D eigenvalue weighted by Gasteiger charge is 2.09. The van der Waals surface area contributed by atoms with Crippen molar-refractivity contribution in [2.75, 3.05) is 0 Å². The highest BCUT2D eigenvalue weighted by atomic mass is 16.3. The van der Waals surface area contributed by atoms with E-state index in [4.69, 9.17) is 4.42 Å². The van der Waals surface area contributed by atoms with Crippen molar-refractivity contribution >= 4 is 32.7 Å². The van der Waals surface area contributed by atoms with Crippen molar-refractivity contribution in [2.45, 2.75) is 13.8 Å². The van der Waals surface area contributed by atoms with Crippen LogP contribution in [0.25, 0.3) is 32.7 Å². The molecule has 4 aromatic rings. The van der Waals surface area contributed by atoms with Crippen molar-refractivity contribution in [1.82, 2.24) is 0 Å². The van der Waals surface area contributed by atoms with Crippen molar-refractivity contribution in [1.29, 1.82) is 0 Å². The normalized spacial score (nSPS) is 11.7. The molecule has 0 saturated heterocycles. The first-order valence-electron chi connectivity index (χ1n) is 6.54. The number of fused-ring (bicyclic) bond motifs is 5. The molecule has 0 spiro atoms. The summed E-state index contributed by atoms with van der Waals surface area (Å²) in [5.41, 5.74) is 4.50. The fourth-order valence-electron chi connectivity index (χ4n) is 2.80. The fraction of sp³-hybridized carbons (Fsp3) is 0.111. The Hall–Kier alpha value is -2.28. The number of benzene rings is 3. The number of rotatable bonds is 0. The highest BCUT2D eigenvalue weighted by molar-refractivity contribution is 6.15. The van der Waals surface area contributed by atoms with E-state index in [9.17, 15) is 0 Å². The molecule has 0 aliphatic heterocycles. The van der Waals surface area contributed by atoms with Crippen molar-refractivity contribution in [2.24, 2.45) is 0 Å². The molecule has 92 valence electrons. The molecule has 0 radical (unpaired) electrons. The first-order valence-corrected chi connectivity index (χ1v) is 6.54. The maximum Gasteiger partial charge on any atom is 0.143 e. The average molecular weight is 246 g/mol. The molecule has 0 unspecified atom stereocenters. The van der Waals surface area contributed by atoms with E-state index in [2.05, 4.69) is 62.4 Å². The SMILES string of the molecule is Cc1ccc2c(ccc3c4cc(C)ccc4oc23)c1. The maximum atomic E-state index is 6.06. The first kappa shape index (κ1) is 10.6. The van der Waals surface area contributed by atoms with Gasteiger partial charge in [-0.2, -0.15) is 0 Å². The Labute approximate surface area is 111 Å². The molecular formula is C18H14O. The zero-order valence-electron chi connectivity index (χ0n) is 11.0. The van der Waals surface area contributed by atoms with Crippen molar-refractivity contribution in [3.8, 4) is 0 Å². The van der Waals surface area contributed by atoms with Crippen LogP contribution < -0.4 is 0 Å². The summed E-state index contributed by atoms with van der Waals surface area (Å²) in [7, 11) is 0. The third-order valence-electron chi connectivity index (χ3n) is 3.76. The fourth-order valence-corrected chi connectivity index (χ4v) is 2.80. The van der Waals surface area contributed by atoms with Crippen LogP contribution in [-0.4, -0.2) is 0 Å². The summed E-state index contributed by atoms with van der Waals surface area (Å²) in [6, 6.07) is 17.2. The molecule has 4 rings (SSSR count). The Morgan fingerprint density at radius 3 is 2.32 bits per heavy atom. The summed E-state index contributed by atoms with van der Waals surface area (Å²) in [4.78, 5) is 0. The second kappa shape index (κ2) is 3.61. The minimum absolute atomic E-state index is 0.966. The quantitative estimate of drug-likeness (QED) is 0.407. The lowest BCUT2D eigenvalue weighted by Gasteiger charge is -2.00. The Morgan fingerprint density at radius 2 is 1.42 bits per heavy atom. The summed E-state index contributed by atoms with van der Waals surface area (Å²) < 4.78 is 6.06. The lowest BCUT2D eigenvalue weighted by molar-refractivity contribution is 0.672. The van der Waals surface area contributed by atoms with Gasteiger partial charge in [0, 0.05) is 16.2 Å². The molecule has 1 heteroatoms. The van der Waals surface area contributed by atoms with Crippen LogP contribution in [-0.2, 0) is 0 Å². The number of furan rings is 1. The van der Waals surface area contributed by atoms with Crippen LogP contribution in [0.3, 0.4) is 0 Å². The van der Waals surface area contributed by atoms with Crippen LogP contribution in [0, 0.1) is 13.8 Å². The van der Waals surface area contributed by atoms with Gasteiger partial charge in [0.1, 0.15) is 11.2 Å². The molecule has 0 aliphatic rings. The summed E-state index contributed by atoms with van der Waals surface area (Å²) in [6.07, 6.45) is 0. The maximum absolute atomic E-state index is 6.06. The topological polar surface area (TPSA) is 13.1 Å². The standard InChI is InChI=1S/C18H14O/c1-11-3-6-14-13(9-11)5-7-15-16-10-12(2)4-8-17(16)19-18(14)15/h3-10H,1-2H3. The van der Waals surface area contributed by atoms with Gasteiger partial charge in [0.2, 0.25) is 0 Å². The smallest absolute Gasteiger partial charge is 0.143 e. The molecule has 1 heterocycles. The second-order valence-electron chi connectivity index (χ2n) is 5.27. The molecule has 0 atom stereocenters. The van der Waals surface area contributed by atoms with Crippen molar-refractivity contribution in [3.63, 3.8) is 0 Å². The van der Waals surface area contributed by atoms with Crippen molar-refractivity contribution < 1.29 is 4.42 Å². The number of aryl methyl sites for hydroxylation is 2. The van der Waals surface area contributed by atoms with Gasteiger partial charge in [0.15, 0.2) is 0 Å². The predicted octanol–water partition coefficient (Wildman–Crippen LogP) is 5.36. The molecule has 3 aromatic carbocycles. The molecule has 0 N–H and O–H groups in total. The molecule has 19 heavy (non-hydrogen) atoms. The molecule has 0 amide bonds. The monoisotopic (exact) mass is 246 g/mol. The van der Waals surface area contributed by atoms with Gasteiger partial charge in [-0.05, 0) is 37.4 Å². The van der Waals surface area contributed by atoms with Gasteiger partial charge in [-0.25, -0.2) is 0 Å². The van der Waals surface area contributed by atoms with E-state index in [1.807, 2.05) is 0 Å². The number of hydrogen-bond donors (Lipinski definition) is 0. The largest absolute Gasteiger partial charge is 0.455 e. The highest BCUT2D eigenvalue weighted by Crippen LogP contribution is 2.34. The van der Waals surface area contributed by atoms with Gasteiger partial charge in [0.05, 0.1) is 0 Å². The number of hydrogen-bond acceptors (Lipinski definition) is 1. The van der Waals surface area contributed by atoms with Crippen LogP contribution in [0.1, 0.15) is 11.1 Å². The first-order chi connectivity index (χ1) is 9.22. The predicted molar refractivity (Wildman–Crippen MR) is 80.7 cm³/mol.